The van der Waals surface area contributed by atoms with Gasteiger partial charge in [0.05, 0.1) is 4.92 Å². The van der Waals surface area contributed by atoms with Crippen LogP contribution < -0.4 is 5.32 Å². The van der Waals surface area contributed by atoms with Crippen LogP contribution in [0.5, 0.6) is 0 Å². The van der Waals surface area contributed by atoms with E-state index in [9.17, 15) is 10.1 Å². The molecule has 1 atom stereocenters. The van der Waals surface area contributed by atoms with E-state index in [1.807, 2.05) is 12.3 Å². The van der Waals surface area contributed by atoms with Crippen molar-refractivity contribution in [1.82, 2.24) is 0 Å². The normalized spacial score (nSPS) is 12.2. The van der Waals surface area contributed by atoms with Gasteiger partial charge in [-0.2, -0.15) is 11.8 Å². The molecule has 0 aliphatic rings. The van der Waals surface area contributed by atoms with E-state index >= 15 is 0 Å². The number of hydrogen-bond donors (Lipinski definition) is 1. The Hall–Kier alpha value is -1.23. The lowest BCUT2D eigenvalue weighted by Crippen LogP contribution is -2.13. The number of nitro groups is 1. The van der Waals surface area contributed by atoms with Crippen molar-refractivity contribution in [3.63, 3.8) is 0 Å². The molecule has 5 heteroatoms. The molecule has 1 aromatic carbocycles. The molecule has 88 valence electrons. The highest BCUT2D eigenvalue weighted by Gasteiger charge is 2.13. The van der Waals surface area contributed by atoms with Gasteiger partial charge in [0.15, 0.2) is 0 Å². The minimum Gasteiger partial charge on any atom is -0.384 e. The molecule has 0 saturated heterocycles. The molecule has 4 nitrogen and oxygen atoms in total. The van der Waals surface area contributed by atoms with Crippen LogP contribution in [0.15, 0.2) is 18.2 Å². The number of nitro benzene ring substituents is 1. The molecule has 0 aliphatic heterocycles. The summed E-state index contributed by atoms with van der Waals surface area (Å²) in [6.45, 7) is 4.69. The molecule has 16 heavy (non-hydrogen) atoms. The van der Waals surface area contributed by atoms with Crippen molar-refractivity contribution in [2.24, 2.45) is 0 Å². The molecule has 1 N–H and O–H groups in total. The van der Waals surface area contributed by atoms with Gasteiger partial charge in [-0.15, -0.1) is 0 Å². The van der Waals surface area contributed by atoms with Crippen molar-refractivity contribution in [1.29, 1.82) is 0 Å². The van der Waals surface area contributed by atoms with Crippen molar-refractivity contribution in [3.05, 3.63) is 33.9 Å². The molecule has 0 heterocycles. The van der Waals surface area contributed by atoms with Crippen molar-refractivity contribution in [3.8, 4) is 0 Å². The maximum atomic E-state index is 10.7. The minimum absolute atomic E-state index is 0.168. The zero-order valence-corrected chi connectivity index (χ0v) is 10.5. The molecular formula is C11H16N2O2S. The average molecular weight is 240 g/mol. The summed E-state index contributed by atoms with van der Waals surface area (Å²) in [6.07, 6.45) is 2.05. The van der Waals surface area contributed by atoms with Gasteiger partial charge >= 0.3 is 0 Å². The second kappa shape index (κ2) is 5.75. The fourth-order valence-electron chi connectivity index (χ4n) is 1.35. The summed E-state index contributed by atoms with van der Waals surface area (Å²) < 4.78 is 0. The van der Waals surface area contributed by atoms with Gasteiger partial charge in [-0.25, -0.2) is 0 Å². The molecule has 0 fully saturated rings. The van der Waals surface area contributed by atoms with E-state index in [-0.39, 0.29) is 10.6 Å². The molecule has 0 amide bonds. The topological polar surface area (TPSA) is 55.2 Å². The van der Waals surface area contributed by atoms with E-state index in [1.54, 1.807) is 24.8 Å². The Kier molecular flexibility index (Phi) is 4.61. The van der Waals surface area contributed by atoms with Crippen LogP contribution in [0.3, 0.4) is 0 Å². The van der Waals surface area contributed by atoms with Gasteiger partial charge in [-0.1, -0.05) is 13.0 Å². The van der Waals surface area contributed by atoms with Crippen LogP contribution >= 0.6 is 11.8 Å². The summed E-state index contributed by atoms with van der Waals surface area (Å²) in [5.41, 5.74) is 1.71. The third kappa shape index (κ3) is 3.13. The number of nitrogens with one attached hydrogen (secondary N) is 1. The van der Waals surface area contributed by atoms with Crippen LogP contribution in [0.1, 0.15) is 12.5 Å². The Morgan fingerprint density at radius 3 is 2.81 bits per heavy atom. The summed E-state index contributed by atoms with van der Waals surface area (Å²) in [7, 11) is 0. The molecular weight excluding hydrogens is 224 g/mol. The van der Waals surface area contributed by atoms with Gasteiger partial charge in [0.1, 0.15) is 0 Å². The number of nitrogens with zero attached hydrogens (tertiary/aromatic N) is 1. The van der Waals surface area contributed by atoms with Crippen molar-refractivity contribution >= 4 is 23.1 Å². The van der Waals surface area contributed by atoms with Crippen LogP contribution in [0.2, 0.25) is 0 Å². The van der Waals surface area contributed by atoms with Gasteiger partial charge in [0, 0.05) is 29.1 Å². The first-order chi connectivity index (χ1) is 7.56. The molecule has 0 radical (unpaired) electrons. The Labute approximate surface area is 99.6 Å². The van der Waals surface area contributed by atoms with Crippen LogP contribution in [-0.2, 0) is 0 Å². The zero-order chi connectivity index (χ0) is 12.1. The lowest BCUT2D eigenvalue weighted by Gasteiger charge is -2.12. The van der Waals surface area contributed by atoms with Crippen LogP contribution in [0.4, 0.5) is 11.4 Å². The third-order valence-corrected chi connectivity index (χ3v) is 3.46. The smallest absolute Gasteiger partial charge is 0.274 e. The second-order valence-corrected chi connectivity index (χ2v) is 4.91. The number of rotatable bonds is 5. The van der Waals surface area contributed by atoms with E-state index in [0.29, 0.717) is 10.8 Å². The Balaban J connectivity index is 2.81. The Morgan fingerprint density at radius 2 is 2.25 bits per heavy atom. The van der Waals surface area contributed by atoms with Gasteiger partial charge in [0.2, 0.25) is 0 Å². The molecule has 0 aromatic heterocycles. The second-order valence-electron chi connectivity index (χ2n) is 3.63. The Bertz CT molecular complexity index is 382. The molecule has 0 bridgehead atoms. The predicted octanol–water partition coefficient (Wildman–Crippen LogP) is 3.07. The predicted molar refractivity (Wildman–Crippen MR) is 69.3 cm³/mol. The fraction of sp³-hybridized carbons (Fsp3) is 0.455. The summed E-state index contributed by atoms with van der Waals surface area (Å²) in [5.74, 6) is 0. The first-order valence-corrected chi connectivity index (χ1v) is 6.35. The highest BCUT2D eigenvalue weighted by atomic mass is 32.2. The third-order valence-electron chi connectivity index (χ3n) is 2.48. The highest BCUT2D eigenvalue weighted by molar-refractivity contribution is 7.99. The van der Waals surface area contributed by atoms with E-state index in [4.69, 9.17) is 0 Å². The minimum atomic E-state index is -0.349. The first-order valence-electron chi connectivity index (χ1n) is 5.07. The quantitative estimate of drug-likeness (QED) is 0.634. The SMILES string of the molecule is CSC(C)CNc1cccc([N+](=O)[O-])c1C. The molecule has 0 aliphatic carbocycles. The molecule has 1 aromatic rings. The van der Waals surface area contributed by atoms with Crippen molar-refractivity contribution in [2.45, 2.75) is 19.1 Å². The molecule has 0 spiro atoms. The summed E-state index contributed by atoms with van der Waals surface area (Å²) in [6, 6.07) is 5.10. The summed E-state index contributed by atoms with van der Waals surface area (Å²) >= 11 is 1.76. The largest absolute Gasteiger partial charge is 0.384 e. The average Bonchev–Trinajstić information content (AvgIpc) is 2.26. The number of anilines is 1. The van der Waals surface area contributed by atoms with E-state index in [1.165, 1.54) is 6.07 Å². The number of benzene rings is 1. The standard InChI is InChI=1S/C11H16N2O2S/c1-8(16-3)7-12-10-5-4-6-11(9(10)2)13(14)15/h4-6,8,12H,7H2,1-3H3. The number of thioether (sulfide) groups is 1. The first kappa shape index (κ1) is 12.8. The highest BCUT2D eigenvalue weighted by Crippen LogP contribution is 2.25. The number of hydrogen-bond acceptors (Lipinski definition) is 4. The maximum absolute atomic E-state index is 10.7. The van der Waals surface area contributed by atoms with Crippen LogP contribution in [0, 0.1) is 17.0 Å². The van der Waals surface area contributed by atoms with E-state index in [0.717, 1.165) is 12.2 Å². The van der Waals surface area contributed by atoms with Gasteiger partial charge in [0.25, 0.3) is 5.69 Å². The van der Waals surface area contributed by atoms with Gasteiger partial charge in [-0.05, 0) is 19.2 Å². The van der Waals surface area contributed by atoms with E-state index < -0.39 is 0 Å². The fourth-order valence-corrected chi connectivity index (χ4v) is 1.60. The monoisotopic (exact) mass is 240 g/mol. The van der Waals surface area contributed by atoms with E-state index in [2.05, 4.69) is 12.2 Å². The lowest BCUT2D eigenvalue weighted by atomic mass is 10.1. The molecule has 0 saturated carbocycles. The molecule has 1 rings (SSSR count). The van der Waals surface area contributed by atoms with Crippen LogP contribution in [-0.4, -0.2) is 23.0 Å². The molecule has 1 unspecified atom stereocenters. The van der Waals surface area contributed by atoms with Crippen molar-refractivity contribution in [2.75, 3.05) is 18.1 Å². The maximum Gasteiger partial charge on any atom is 0.274 e. The van der Waals surface area contributed by atoms with Gasteiger partial charge in [-0.3, -0.25) is 10.1 Å². The van der Waals surface area contributed by atoms with Crippen LogP contribution in [0.25, 0.3) is 0 Å². The summed E-state index contributed by atoms with van der Waals surface area (Å²) in [5, 5.41) is 14.5. The summed E-state index contributed by atoms with van der Waals surface area (Å²) in [4.78, 5) is 10.4. The van der Waals surface area contributed by atoms with Crippen molar-refractivity contribution < 1.29 is 4.92 Å². The zero-order valence-electron chi connectivity index (χ0n) is 9.69. The van der Waals surface area contributed by atoms with Gasteiger partial charge < -0.3 is 5.32 Å². The lowest BCUT2D eigenvalue weighted by molar-refractivity contribution is -0.385. The Morgan fingerprint density at radius 1 is 1.56 bits per heavy atom.